The molecule has 0 aliphatic heterocycles. The third-order valence-electron chi connectivity index (χ3n) is 1.91. The predicted molar refractivity (Wildman–Crippen MR) is 59.0 cm³/mol. The number of aromatic amines is 1. The Kier molecular flexibility index (Phi) is 2.91. The average molecular weight is 173 g/mol. The van der Waals surface area contributed by atoms with Gasteiger partial charge in [0.15, 0.2) is 0 Å². The van der Waals surface area contributed by atoms with E-state index in [0.717, 1.165) is 0 Å². The normalized spacial score (nSPS) is 9.38. The van der Waals surface area contributed by atoms with Crippen molar-refractivity contribution in [3.63, 3.8) is 0 Å². The highest BCUT2D eigenvalue weighted by atomic mass is 14.7. The lowest BCUT2D eigenvalue weighted by Gasteiger charge is -1.90. The van der Waals surface area contributed by atoms with Crippen LogP contribution in [0.1, 0.15) is 11.3 Å². The summed E-state index contributed by atoms with van der Waals surface area (Å²) in [6, 6.07) is 8.61. The summed E-state index contributed by atoms with van der Waals surface area (Å²) in [6.07, 6.45) is 0. The lowest BCUT2D eigenvalue weighted by Crippen LogP contribution is -1.70. The summed E-state index contributed by atoms with van der Waals surface area (Å²) in [5, 5.41) is 1.31. The van der Waals surface area contributed by atoms with E-state index in [4.69, 9.17) is 0 Å². The first-order chi connectivity index (χ1) is 6.25. The Morgan fingerprint density at radius 3 is 2.46 bits per heavy atom. The lowest BCUT2D eigenvalue weighted by atomic mass is 10.2. The first-order valence-corrected chi connectivity index (χ1v) is 4.32. The molecule has 0 atom stereocenters. The van der Waals surface area contributed by atoms with Gasteiger partial charge in [-0.05, 0) is 37.4 Å². The summed E-state index contributed by atoms with van der Waals surface area (Å²) in [6.45, 7) is 10.2. The molecule has 1 aromatic carbocycles. The van der Waals surface area contributed by atoms with Crippen LogP contribution in [0.25, 0.3) is 10.9 Å². The minimum atomic E-state index is 1.23. The van der Waals surface area contributed by atoms with E-state index in [0.29, 0.717) is 0 Å². The Bertz CT molecular complexity index is 398. The van der Waals surface area contributed by atoms with Gasteiger partial charge in [-0.1, -0.05) is 11.6 Å². The van der Waals surface area contributed by atoms with Gasteiger partial charge in [0, 0.05) is 11.2 Å². The second-order valence-corrected chi connectivity index (χ2v) is 3.04. The van der Waals surface area contributed by atoms with Gasteiger partial charge < -0.3 is 4.98 Å². The summed E-state index contributed by atoms with van der Waals surface area (Å²) >= 11 is 0. The summed E-state index contributed by atoms with van der Waals surface area (Å²) in [7, 11) is 0. The zero-order chi connectivity index (χ0) is 9.84. The number of fused-ring (bicyclic) bond motifs is 1. The minimum absolute atomic E-state index is 1.23. The maximum atomic E-state index is 3.29. The molecule has 0 radical (unpaired) electrons. The predicted octanol–water partition coefficient (Wildman–Crippen LogP) is 3.59. The minimum Gasteiger partial charge on any atom is -0.359 e. The van der Waals surface area contributed by atoms with Gasteiger partial charge in [0.1, 0.15) is 0 Å². The lowest BCUT2D eigenvalue weighted by molar-refractivity contribution is 1.30. The van der Waals surface area contributed by atoms with Crippen LogP contribution in [0.5, 0.6) is 0 Å². The summed E-state index contributed by atoms with van der Waals surface area (Å²) in [5.74, 6) is 0. The monoisotopic (exact) mass is 173 g/mol. The van der Waals surface area contributed by atoms with E-state index >= 15 is 0 Å². The maximum Gasteiger partial charge on any atom is 0.0456 e. The smallest absolute Gasteiger partial charge is 0.0456 e. The van der Waals surface area contributed by atoms with Crippen molar-refractivity contribution in [2.24, 2.45) is 0 Å². The van der Waals surface area contributed by atoms with Gasteiger partial charge in [0.2, 0.25) is 0 Å². The van der Waals surface area contributed by atoms with Crippen molar-refractivity contribution in [1.29, 1.82) is 0 Å². The molecule has 13 heavy (non-hydrogen) atoms. The Balaban J connectivity index is 0.000000396. The highest BCUT2D eigenvalue weighted by molar-refractivity contribution is 5.80. The molecule has 1 aromatic heterocycles. The Morgan fingerprint density at radius 1 is 1.08 bits per heavy atom. The van der Waals surface area contributed by atoms with Crippen LogP contribution in [0, 0.1) is 13.8 Å². The van der Waals surface area contributed by atoms with Crippen LogP contribution in [-0.2, 0) is 0 Å². The number of aromatic nitrogens is 1. The van der Waals surface area contributed by atoms with Crippen LogP contribution in [0.3, 0.4) is 0 Å². The molecular formula is C12H15N. The van der Waals surface area contributed by atoms with Crippen molar-refractivity contribution in [1.82, 2.24) is 4.98 Å². The quantitative estimate of drug-likeness (QED) is 0.586. The molecule has 0 unspecified atom stereocenters. The number of H-pyrrole nitrogens is 1. The molecule has 0 spiro atoms. The highest BCUT2D eigenvalue weighted by Gasteiger charge is 1.95. The molecule has 1 heterocycles. The fraction of sp³-hybridized carbons (Fsp3) is 0.167. The molecule has 0 fully saturated rings. The molecule has 2 rings (SSSR count). The van der Waals surface area contributed by atoms with E-state index in [1.807, 2.05) is 0 Å². The standard InChI is InChI=1S/C10H11N.C2H4/c1-7-3-4-10-9(5-7)6-8(2)11-10;1-2/h3-6,11H,1-2H3;1-2H2. The SMILES string of the molecule is C=C.Cc1ccc2[nH]c(C)cc2c1. The molecule has 0 amide bonds. The van der Waals surface area contributed by atoms with Crippen LogP contribution in [-0.4, -0.2) is 4.98 Å². The molecule has 0 aliphatic rings. The van der Waals surface area contributed by atoms with Gasteiger partial charge in [-0.2, -0.15) is 0 Å². The van der Waals surface area contributed by atoms with Gasteiger partial charge in [0.05, 0.1) is 0 Å². The summed E-state index contributed by atoms with van der Waals surface area (Å²) in [5.41, 5.74) is 3.77. The molecule has 1 heteroatoms. The van der Waals surface area contributed by atoms with Gasteiger partial charge in [-0.25, -0.2) is 0 Å². The van der Waals surface area contributed by atoms with Crippen molar-refractivity contribution in [2.45, 2.75) is 13.8 Å². The average Bonchev–Trinajstić information content (AvgIpc) is 2.48. The highest BCUT2D eigenvalue weighted by Crippen LogP contribution is 2.15. The molecule has 0 aliphatic carbocycles. The van der Waals surface area contributed by atoms with Crippen LogP contribution < -0.4 is 0 Å². The number of benzene rings is 1. The van der Waals surface area contributed by atoms with E-state index in [1.54, 1.807) is 0 Å². The Labute approximate surface area is 79.1 Å². The maximum absolute atomic E-state index is 3.29. The van der Waals surface area contributed by atoms with Crippen LogP contribution in [0.15, 0.2) is 37.4 Å². The molecule has 0 saturated heterocycles. The molecule has 1 N–H and O–H groups in total. The number of hydrogen-bond acceptors (Lipinski definition) is 0. The topological polar surface area (TPSA) is 15.8 Å². The molecular weight excluding hydrogens is 158 g/mol. The van der Waals surface area contributed by atoms with E-state index in [2.05, 4.69) is 56.3 Å². The Hall–Kier alpha value is -1.50. The number of nitrogens with one attached hydrogen (secondary N) is 1. The second kappa shape index (κ2) is 3.94. The van der Waals surface area contributed by atoms with E-state index in [9.17, 15) is 0 Å². The number of rotatable bonds is 0. The van der Waals surface area contributed by atoms with Crippen molar-refractivity contribution in [3.05, 3.63) is 48.7 Å². The second-order valence-electron chi connectivity index (χ2n) is 3.04. The first-order valence-electron chi connectivity index (χ1n) is 4.32. The zero-order valence-electron chi connectivity index (χ0n) is 8.22. The number of hydrogen-bond donors (Lipinski definition) is 1. The van der Waals surface area contributed by atoms with Crippen LogP contribution in [0.2, 0.25) is 0 Å². The van der Waals surface area contributed by atoms with Crippen LogP contribution in [0.4, 0.5) is 0 Å². The van der Waals surface area contributed by atoms with Crippen LogP contribution >= 0.6 is 0 Å². The summed E-state index contributed by atoms with van der Waals surface area (Å²) in [4.78, 5) is 3.29. The zero-order valence-corrected chi connectivity index (χ0v) is 8.22. The van der Waals surface area contributed by atoms with Gasteiger partial charge >= 0.3 is 0 Å². The van der Waals surface area contributed by atoms with Gasteiger partial charge in [0.25, 0.3) is 0 Å². The largest absolute Gasteiger partial charge is 0.359 e. The molecule has 0 bridgehead atoms. The van der Waals surface area contributed by atoms with Crippen molar-refractivity contribution in [2.75, 3.05) is 0 Å². The fourth-order valence-electron chi connectivity index (χ4n) is 1.40. The molecule has 0 saturated carbocycles. The van der Waals surface area contributed by atoms with Gasteiger partial charge in [-0.3, -0.25) is 0 Å². The van der Waals surface area contributed by atoms with E-state index < -0.39 is 0 Å². The number of aryl methyl sites for hydroxylation is 2. The van der Waals surface area contributed by atoms with Crippen molar-refractivity contribution >= 4 is 10.9 Å². The van der Waals surface area contributed by atoms with Crippen molar-refractivity contribution in [3.8, 4) is 0 Å². The molecule has 2 aromatic rings. The van der Waals surface area contributed by atoms with E-state index in [1.165, 1.54) is 22.2 Å². The first kappa shape index (κ1) is 9.59. The Morgan fingerprint density at radius 2 is 1.77 bits per heavy atom. The molecule has 1 nitrogen and oxygen atoms in total. The van der Waals surface area contributed by atoms with Gasteiger partial charge in [-0.15, -0.1) is 13.2 Å². The third kappa shape index (κ3) is 2.00. The fourth-order valence-corrected chi connectivity index (χ4v) is 1.40. The summed E-state index contributed by atoms with van der Waals surface area (Å²) < 4.78 is 0. The van der Waals surface area contributed by atoms with Crippen molar-refractivity contribution < 1.29 is 0 Å². The molecule has 68 valence electrons. The third-order valence-corrected chi connectivity index (χ3v) is 1.91. The van der Waals surface area contributed by atoms with E-state index in [-0.39, 0.29) is 0 Å².